The van der Waals surface area contributed by atoms with Crippen LogP contribution in [0.25, 0.3) is 0 Å². The molecular formula is C10H15N2OS2-. The Labute approximate surface area is 98.3 Å². The molecule has 0 saturated heterocycles. The molecule has 0 spiro atoms. The molecule has 0 fully saturated rings. The Hall–Kier alpha value is -0.260. The van der Waals surface area contributed by atoms with Gasteiger partial charge in [-0.05, 0) is 34.1 Å². The minimum absolute atomic E-state index is 0.512. The average molecular weight is 243 g/mol. The van der Waals surface area contributed by atoms with Crippen molar-refractivity contribution in [1.82, 2.24) is 10.4 Å². The SMILES string of the molecule is CCCCCNC1=C2C(=CCN2[O-])SS1. The minimum atomic E-state index is 0.512. The van der Waals surface area contributed by atoms with E-state index in [1.807, 2.05) is 6.08 Å². The largest absolute Gasteiger partial charge is 0.758 e. The van der Waals surface area contributed by atoms with Crippen LogP contribution < -0.4 is 5.32 Å². The smallest absolute Gasteiger partial charge is 0.103 e. The van der Waals surface area contributed by atoms with Gasteiger partial charge in [0.1, 0.15) is 5.03 Å². The third-order valence-electron chi connectivity index (χ3n) is 2.42. The highest BCUT2D eigenvalue weighted by molar-refractivity contribution is 8.80. The van der Waals surface area contributed by atoms with E-state index >= 15 is 0 Å². The van der Waals surface area contributed by atoms with E-state index in [2.05, 4.69) is 12.2 Å². The molecular weight excluding hydrogens is 228 g/mol. The van der Waals surface area contributed by atoms with E-state index in [0.717, 1.165) is 27.2 Å². The van der Waals surface area contributed by atoms with E-state index in [9.17, 15) is 5.21 Å². The molecule has 2 aliphatic rings. The number of hydroxylamine groups is 2. The fourth-order valence-corrected chi connectivity index (χ4v) is 4.08. The number of nitrogens with zero attached hydrogens (tertiary/aromatic N) is 1. The zero-order valence-electron chi connectivity index (χ0n) is 8.78. The summed E-state index contributed by atoms with van der Waals surface area (Å²) in [5, 5.41) is 17.0. The molecule has 1 N–H and O–H groups in total. The zero-order valence-corrected chi connectivity index (χ0v) is 10.4. The van der Waals surface area contributed by atoms with Gasteiger partial charge in [0.25, 0.3) is 0 Å². The van der Waals surface area contributed by atoms with E-state index in [-0.39, 0.29) is 0 Å². The van der Waals surface area contributed by atoms with Crippen LogP contribution in [-0.2, 0) is 0 Å². The van der Waals surface area contributed by atoms with Crippen molar-refractivity contribution >= 4 is 21.6 Å². The quantitative estimate of drug-likeness (QED) is 0.593. The van der Waals surface area contributed by atoms with Gasteiger partial charge in [0, 0.05) is 18.0 Å². The van der Waals surface area contributed by atoms with Crippen LogP contribution >= 0.6 is 21.6 Å². The molecule has 0 saturated carbocycles. The minimum Gasteiger partial charge on any atom is -0.758 e. The molecule has 0 aliphatic carbocycles. The number of rotatable bonds is 5. The van der Waals surface area contributed by atoms with Gasteiger partial charge < -0.3 is 15.6 Å². The van der Waals surface area contributed by atoms with Crippen molar-refractivity contribution in [2.24, 2.45) is 0 Å². The molecule has 0 radical (unpaired) electrons. The van der Waals surface area contributed by atoms with Crippen molar-refractivity contribution in [3.8, 4) is 0 Å². The normalized spacial score (nSPS) is 19.6. The third-order valence-corrected chi connectivity index (χ3v) is 4.84. The summed E-state index contributed by atoms with van der Waals surface area (Å²) in [4.78, 5) is 1.13. The van der Waals surface area contributed by atoms with Crippen LogP contribution in [0.2, 0.25) is 0 Å². The maximum absolute atomic E-state index is 11.5. The summed E-state index contributed by atoms with van der Waals surface area (Å²) in [6.07, 6.45) is 5.66. The molecule has 0 atom stereocenters. The Morgan fingerprint density at radius 1 is 1.47 bits per heavy atom. The number of hydrogen-bond donors (Lipinski definition) is 1. The fraction of sp³-hybridized carbons (Fsp3) is 0.600. The van der Waals surface area contributed by atoms with Gasteiger partial charge in [-0.1, -0.05) is 19.8 Å². The Balaban J connectivity index is 1.89. The first-order chi connectivity index (χ1) is 7.33. The predicted octanol–water partition coefficient (Wildman–Crippen LogP) is 3.03. The second-order valence-electron chi connectivity index (χ2n) is 3.61. The van der Waals surface area contributed by atoms with Crippen molar-refractivity contribution in [2.75, 3.05) is 13.1 Å². The first-order valence-electron chi connectivity index (χ1n) is 5.30. The van der Waals surface area contributed by atoms with Crippen molar-refractivity contribution in [3.05, 3.63) is 26.9 Å². The Bertz CT molecular complexity index is 302. The van der Waals surface area contributed by atoms with Crippen LogP contribution in [0.1, 0.15) is 26.2 Å². The monoisotopic (exact) mass is 243 g/mol. The number of fused-ring (bicyclic) bond motifs is 1. The molecule has 84 valence electrons. The van der Waals surface area contributed by atoms with Crippen LogP contribution in [0.5, 0.6) is 0 Å². The number of hydrogen-bond acceptors (Lipinski definition) is 5. The predicted molar refractivity (Wildman–Crippen MR) is 67.9 cm³/mol. The summed E-state index contributed by atoms with van der Waals surface area (Å²) in [6.45, 7) is 3.68. The van der Waals surface area contributed by atoms with Crippen LogP contribution in [0.3, 0.4) is 0 Å². The van der Waals surface area contributed by atoms with E-state index in [0.29, 0.717) is 6.54 Å². The lowest BCUT2D eigenvalue weighted by Crippen LogP contribution is -2.18. The maximum Gasteiger partial charge on any atom is 0.103 e. The Morgan fingerprint density at radius 3 is 3.13 bits per heavy atom. The van der Waals surface area contributed by atoms with Gasteiger partial charge in [-0.3, -0.25) is 0 Å². The summed E-state index contributed by atoms with van der Waals surface area (Å²) in [6, 6.07) is 0. The lowest BCUT2D eigenvalue weighted by Gasteiger charge is -2.26. The fourth-order valence-electron chi connectivity index (χ4n) is 1.59. The lowest BCUT2D eigenvalue weighted by atomic mass is 10.2. The van der Waals surface area contributed by atoms with E-state index in [1.54, 1.807) is 21.6 Å². The summed E-state index contributed by atoms with van der Waals surface area (Å²) in [5.41, 5.74) is 0.862. The van der Waals surface area contributed by atoms with Crippen molar-refractivity contribution in [2.45, 2.75) is 26.2 Å². The highest BCUT2D eigenvalue weighted by Crippen LogP contribution is 2.51. The van der Waals surface area contributed by atoms with Gasteiger partial charge in [0.15, 0.2) is 0 Å². The molecule has 5 heteroatoms. The standard InChI is InChI=1S/C10H15N2OS2/c1-2-3-4-6-11-10-9-8(14-15-10)5-7-12(9)13/h5,11H,2-4,6-7H2,1H3/q-1. The molecule has 2 heterocycles. The summed E-state index contributed by atoms with van der Waals surface area (Å²) < 4.78 is 0. The Kier molecular flexibility index (Phi) is 3.88. The molecule has 0 amide bonds. The maximum atomic E-state index is 11.5. The topological polar surface area (TPSA) is 38.3 Å². The van der Waals surface area contributed by atoms with E-state index < -0.39 is 0 Å². The van der Waals surface area contributed by atoms with Gasteiger partial charge in [-0.25, -0.2) is 0 Å². The van der Waals surface area contributed by atoms with E-state index in [1.165, 1.54) is 19.3 Å². The number of nitrogens with one attached hydrogen (secondary N) is 1. The first kappa shape index (κ1) is 11.2. The molecule has 0 bridgehead atoms. The summed E-state index contributed by atoms with van der Waals surface area (Å²) >= 11 is 0. The van der Waals surface area contributed by atoms with Gasteiger partial charge in [0.2, 0.25) is 0 Å². The first-order valence-corrected chi connectivity index (χ1v) is 7.45. The van der Waals surface area contributed by atoms with Crippen LogP contribution in [-0.4, -0.2) is 18.2 Å². The molecule has 0 unspecified atom stereocenters. The van der Waals surface area contributed by atoms with Crippen LogP contribution in [0, 0.1) is 5.21 Å². The van der Waals surface area contributed by atoms with Crippen molar-refractivity contribution in [1.29, 1.82) is 0 Å². The molecule has 2 rings (SSSR count). The second-order valence-corrected chi connectivity index (χ2v) is 5.79. The molecule has 15 heavy (non-hydrogen) atoms. The van der Waals surface area contributed by atoms with Gasteiger partial charge >= 0.3 is 0 Å². The molecule has 3 nitrogen and oxygen atoms in total. The van der Waals surface area contributed by atoms with Gasteiger partial charge in [-0.15, -0.1) is 0 Å². The van der Waals surface area contributed by atoms with Crippen LogP contribution in [0.15, 0.2) is 21.7 Å². The summed E-state index contributed by atoms with van der Waals surface area (Å²) in [5.74, 6) is 0. The average Bonchev–Trinajstić information content (AvgIpc) is 2.78. The van der Waals surface area contributed by atoms with Gasteiger partial charge in [-0.2, -0.15) is 0 Å². The van der Waals surface area contributed by atoms with Crippen molar-refractivity contribution < 1.29 is 0 Å². The summed E-state index contributed by atoms with van der Waals surface area (Å²) in [7, 11) is 3.36. The number of unbranched alkanes of at least 4 members (excludes halogenated alkanes) is 2. The molecule has 0 aromatic rings. The lowest BCUT2D eigenvalue weighted by molar-refractivity contribution is 0.549. The third kappa shape index (κ3) is 2.46. The van der Waals surface area contributed by atoms with Gasteiger partial charge in [0.05, 0.1) is 5.70 Å². The van der Waals surface area contributed by atoms with Crippen molar-refractivity contribution in [3.63, 3.8) is 0 Å². The highest BCUT2D eigenvalue weighted by Gasteiger charge is 2.25. The molecule has 2 aliphatic heterocycles. The van der Waals surface area contributed by atoms with E-state index in [4.69, 9.17) is 0 Å². The zero-order chi connectivity index (χ0) is 10.7. The Morgan fingerprint density at radius 2 is 2.33 bits per heavy atom. The molecule has 0 aromatic carbocycles. The highest BCUT2D eigenvalue weighted by atomic mass is 33.1. The van der Waals surface area contributed by atoms with Crippen LogP contribution in [0.4, 0.5) is 0 Å². The molecule has 0 aromatic heterocycles. The second kappa shape index (κ2) is 5.18.